The number of aliphatic hydroxyl groups excluding tert-OH is 5. The third-order valence-corrected chi connectivity index (χ3v) is 7.36. The number of aliphatic hydroxyl groups is 5. The molecule has 2 saturated heterocycles. The number of aromatic amines is 1. The Kier molecular flexibility index (Phi) is 8.28. The molecular formula is C14H22N2O16P2. The molecule has 1 aromatic rings. The van der Waals surface area contributed by atoms with E-state index in [0.717, 1.165) is 16.8 Å². The molecule has 2 fully saturated rings. The molecule has 3 rings (SSSR count). The maximum absolute atomic E-state index is 12.1. The zero-order valence-corrected chi connectivity index (χ0v) is 18.6. The minimum atomic E-state index is -5.47. The molecule has 3 unspecified atom stereocenters. The molecule has 194 valence electrons. The first kappa shape index (κ1) is 27.3. The number of hydrogen-bond acceptors (Lipinski definition) is 14. The second-order valence-corrected chi connectivity index (χ2v) is 10.2. The summed E-state index contributed by atoms with van der Waals surface area (Å²) in [5.41, 5.74) is -1.72. The topological polar surface area (TPSA) is 277 Å². The summed E-state index contributed by atoms with van der Waals surface area (Å²) in [6.07, 6.45) is -13.0. The quantitative estimate of drug-likeness (QED) is 0.146. The summed E-state index contributed by atoms with van der Waals surface area (Å²) in [5.74, 6) is 0. The summed E-state index contributed by atoms with van der Waals surface area (Å²) < 4.78 is 47.7. The van der Waals surface area contributed by atoms with Crippen molar-refractivity contribution in [3.63, 3.8) is 0 Å². The van der Waals surface area contributed by atoms with Crippen LogP contribution < -0.4 is 11.2 Å². The molecule has 8 N–H and O–H groups in total. The van der Waals surface area contributed by atoms with Gasteiger partial charge in [0.15, 0.2) is 12.5 Å². The van der Waals surface area contributed by atoms with E-state index in [-0.39, 0.29) is 0 Å². The predicted octanol–water partition coefficient (Wildman–Crippen LogP) is -4.15. The minimum Gasteiger partial charge on any atom is -0.388 e. The maximum Gasteiger partial charge on any atom is 0.483 e. The van der Waals surface area contributed by atoms with Crippen molar-refractivity contribution in [1.29, 1.82) is 0 Å². The fourth-order valence-electron chi connectivity index (χ4n) is 3.07. The highest BCUT2D eigenvalue weighted by molar-refractivity contribution is 7.61. The van der Waals surface area contributed by atoms with Gasteiger partial charge < -0.3 is 44.8 Å². The zero-order chi connectivity index (χ0) is 25.4. The van der Waals surface area contributed by atoms with Crippen molar-refractivity contribution in [2.75, 3.05) is 13.2 Å². The fourth-order valence-corrected chi connectivity index (χ4v) is 5.24. The third kappa shape index (κ3) is 6.26. The number of aromatic nitrogens is 2. The predicted molar refractivity (Wildman–Crippen MR) is 103 cm³/mol. The second kappa shape index (κ2) is 10.3. The lowest BCUT2D eigenvalue weighted by Gasteiger charge is -2.35. The number of H-pyrrole nitrogens is 1. The van der Waals surface area contributed by atoms with Crippen LogP contribution in [0.4, 0.5) is 0 Å². The SMILES string of the molecule is O=c1ccn([C@@H]2O[C@H](COP(=O)(O)OP(=O)(O)OC3OC[C@@H](O)[C@H](O)[C@H]3O)[C@@H](O)[C@H]2O)c(=O)[nH]1. The number of phosphoric ester groups is 2. The van der Waals surface area contributed by atoms with Crippen LogP contribution in [0.3, 0.4) is 0 Å². The number of phosphoric acid groups is 2. The van der Waals surface area contributed by atoms with Gasteiger partial charge in [0.1, 0.15) is 36.6 Å². The number of nitrogens with zero attached hydrogens (tertiary/aromatic N) is 1. The molecule has 0 saturated carbocycles. The zero-order valence-electron chi connectivity index (χ0n) is 16.8. The molecule has 2 aliphatic heterocycles. The minimum absolute atomic E-state index is 0.602. The number of rotatable bonds is 8. The largest absolute Gasteiger partial charge is 0.483 e. The van der Waals surface area contributed by atoms with Crippen molar-refractivity contribution < 1.29 is 67.3 Å². The van der Waals surface area contributed by atoms with Gasteiger partial charge >= 0.3 is 21.3 Å². The van der Waals surface area contributed by atoms with Crippen molar-refractivity contribution in [2.24, 2.45) is 0 Å². The van der Waals surface area contributed by atoms with Crippen LogP contribution in [-0.4, -0.2) is 101 Å². The fraction of sp³-hybridized carbons (Fsp3) is 0.714. The van der Waals surface area contributed by atoms with Gasteiger partial charge in [0.05, 0.1) is 13.2 Å². The van der Waals surface area contributed by atoms with Crippen LogP contribution >= 0.6 is 15.6 Å². The van der Waals surface area contributed by atoms with Crippen LogP contribution in [-0.2, 0) is 32.0 Å². The lowest BCUT2D eigenvalue weighted by atomic mass is 10.1. The summed E-state index contributed by atoms with van der Waals surface area (Å²) >= 11 is 0. The van der Waals surface area contributed by atoms with E-state index in [2.05, 4.69) is 13.4 Å². The van der Waals surface area contributed by atoms with E-state index in [4.69, 9.17) is 9.47 Å². The molecule has 3 heterocycles. The van der Waals surface area contributed by atoms with Gasteiger partial charge in [-0.15, -0.1) is 0 Å². The summed E-state index contributed by atoms with van der Waals surface area (Å²) in [6, 6.07) is 0.939. The van der Waals surface area contributed by atoms with Crippen molar-refractivity contribution in [3.8, 4) is 0 Å². The molecule has 0 bridgehead atoms. The summed E-state index contributed by atoms with van der Waals surface area (Å²) in [5, 5.41) is 48.8. The standard InChI is InChI=1S/C14H22N2O16P2/c17-5-3-28-13(11(22)8(5)19)31-34(26,27)32-33(24,25)29-4-6-9(20)10(21)12(30-6)16-2-1-7(18)15-14(16)23/h1-2,5-6,8-13,17,19-22H,3-4H2,(H,24,25)(H,26,27)(H,15,18,23)/t5-,6-,8+,9-,10-,11-,12-,13?/m1/s1. The highest BCUT2D eigenvalue weighted by Crippen LogP contribution is 2.61. The molecule has 34 heavy (non-hydrogen) atoms. The Bertz CT molecular complexity index is 1080. The van der Waals surface area contributed by atoms with E-state index in [1.165, 1.54) is 0 Å². The van der Waals surface area contributed by atoms with Gasteiger partial charge in [-0.3, -0.25) is 23.4 Å². The van der Waals surface area contributed by atoms with Gasteiger partial charge in [-0.05, 0) is 0 Å². The summed E-state index contributed by atoms with van der Waals surface area (Å²) in [6.45, 7) is -1.59. The summed E-state index contributed by atoms with van der Waals surface area (Å²) in [7, 11) is -10.9. The average Bonchev–Trinajstić information content (AvgIpc) is 3.00. The van der Waals surface area contributed by atoms with Crippen molar-refractivity contribution in [1.82, 2.24) is 9.55 Å². The van der Waals surface area contributed by atoms with Crippen LogP contribution in [0.25, 0.3) is 0 Å². The van der Waals surface area contributed by atoms with E-state index in [9.17, 15) is 54.0 Å². The van der Waals surface area contributed by atoms with Crippen molar-refractivity contribution in [3.05, 3.63) is 33.1 Å². The molecule has 0 spiro atoms. The molecule has 20 heteroatoms. The molecule has 0 aromatic carbocycles. The summed E-state index contributed by atoms with van der Waals surface area (Å²) in [4.78, 5) is 44.3. The van der Waals surface area contributed by atoms with E-state index in [1.54, 1.807) is 0 Å². The highest BCUT2D eigenvalue weighted by Gasteiger charge is 2.47. The van der Waals surface area contributed by atoms with Crippen LogP contribution in [0.15, 0.2) is 21.9 Å². The number of ether oxygens (including phenoxy) is 2. The van der Waals surface area contributed by atoms with Crippen LogP contribution in [0.2, 0.25) is 0 Å². The molecule has 18 nitrogen and oxygen atoms in total. The first-order chi connectivity index (χ1) is 15.7. The van der Waals surface area contributed by atoms with Gasteiger partial charge in [-0.25, -0.2) is 13.9 Å². The molecule has 1 aromatic heterocycles. The third-order valence-electron chi connectivity index (χ3n) is 4.76. The van der Waals surface area contributed by atoms with Gasteiger partial charge in [-0.2, -0.15) is 4.31 Å². The van der Waals surface area contributed by atoms with Crippen LogP contribution in [0.1, 0.15) is 6.23 Å². The normalized spacial score (nSPS) is 37.7. The maximum atomic E-state index is 12.1. The molecule has 10 atom stereocenters. The Labute approximate surface area is 188 Å². The molecule has 0 amide bonds. The number of nitrogens with one attached hydrogen (secondary N) is 1. The first-order valence-corrected chi connectivity index (χ1v) is 12.4. The lowest BCUT2D eigenvalue weighted by molar-refractivity contribution is -0.245. The number of hydrogen-bond donors (Lipinski definition) is 8. The van der Waals surface area contributed by atoms with Crippen molar-refractivity contribution in [2.45, 2.75) is 49.1 Å². The van der Waals surface area contributed by atoms with Gasteiger partial charge in [0.25, 0.3) is 5.56 Å². The lowest BCUT2D eigenvalue weighted by Crippen LogP contribution is -2.53. The van der Waals surface area contributed by atoms with Gasteiger partial charge in [0, 0.05) is 12.3 Å². The smallest absolute Gasteiger partial charge is 0.388 e. The van der Waals surface area contributed by atoms with Crippen LogP contribution in [0.5, 0.6) is 0 Å². The Morgan fingerprint density at radius 1 is 1.03 bits per heavy atom. The molecular weight excluding hydrogens is 514 g/mol. The Morgan fingerprint density at radius 2 is 1.71 bits per heavy atom. The average molecular weight is 536 g/mol. The van der Waals surface area contributed by atoms with Gasteiger partial charge in [0.2, 0.25) is 0 Å². The highest BCUT2D eigenvalue weighted by atomic mass is 31.3. The monoisotopic (exact) mass is 536 g/mol. The van der Waals surface area contributed by atoms with Gasteiger partial charge in [-0.1, -0.05) is 0 Å². The molecule has 0 radical (unpaired) electrons. The van der Waals surface area contributed by atoms with E-state index < -0.39 is 89.2 Å². The molecule has 0 aliphatic carbocycles. The van der Waals surface area contributed by atoms with Crippen LogP contribution in [0, 0.1) is 0 Å². The van der Waals surface area contributed by atoms with E-state index >= 15 is 0 Å². The first-order valence-electron chi connectivity index (χ1n) is 9.39. The van der Waals surface area contributed by atoms with Crippen molar-refractivity contribution >= 4 is 15.6 Å². The Hall–Kier alpha value is -1.34. The van der Waals surface area contributed by atoms with E-state index in [0.29, 0.717) is 0 Å². The van der Waals surface area contributed by atoms with E-state index in [1.807, 2.05) is 4.98 Å². The Morgan fingerprint density at radius 3 is 2.35 bits per heavy atom. The Balaban J connectivity index is 1.59. The molecule has 2 aliphatic rings. The second-order valence-electron chi connectivity index (χ2n) is 7.23.